The number of halogens is 2. The van der Waals surface area contributed by atoms with Crippen LogP contribution in [-0.2, 0) is 14.9 Å². The number of benzene rings is 2. The number of thiazole rings is 1. The number of fused-ring (bicyclic) bond motifs is 1. The van der Waals surface area contributed by atoms with E-state index in [1.807, 2.05) is 0 Å². The van der Waals surface area contributed by atoms with E-state index in [2.05, 4.69) is 15.6 Å². The molecule has 12 heteroatoms. The van der Waals surface area contributed by atoms with Gasteiger partial charge in [-0.15, -0.1) is 0 Å². The molecule has 0 saturated heterocycles. The van der Waals surface area contributed by atoms with Crippen molar-refractivity contribution in [2.45, 2.75) is 4.90 Å². The van der Waals surface area contributed by atoms with Crippen molar-refractivity contribution >= 4 is 42.8 Å². The van der Waals surface area contributed by atoms with Gasteiger partial charge in [0.15, 0.2) is 10.0 Å². The van der Waals surface area contributed by atoms with Crippen LogP contribution in [0, 0.1) is 11.6 Å². The number of anilines is 1. The third kappa shape index (κ3) is 4.96. The first kappa shape index (κ1) is 20.9. The number of ether oxygens (including phenoxy) is 1. The minimum absolute atomic E-state index is 0.153. The Bertz CT molecular complexity index is 1130. The Morgan fingerprint density at radius 3 is 2.62 bits per heavy atom. The van der Waals surface area contributed by atoms with Crippen molar-refractivity contribution in [3.05, 3.63) is 48.0 Å². The predicted molar refractivity (Wildman–Crippen MR) is 103 cm³/mol. The first-order valence-corrected chi connectivity index (χ1v) is 10.4. The van der Waals surface area contributed by atoms with Gasteiger partial charge in [0, 0.05) is 19.7 Å². The van der Waals surface area contributed by atoms with Gasteiger partial charge in [-0.25, -0.2) is 18.6 Å². The fourth-order valence-corrected chi connectivity index (χ4v) is 4.25. The molecule has 0 aliphatic heterocycles. The van der Waals surface area contributed by atoms with Gasteiger partial charge in [0.2, 0.25) is 0 Å². The van der Waals surface area contributed by atoms with Crippen molar-refractivity contribution in [1.82, 2.24) is 10.3 Å². The highest BCUT2D eigenvalue weighted by Crippen LogP contribution is 2.31. The molecule has 8 nitrogen and oxygen atoms in total. The number of hydrogen-bond acceptors (Lipinski definition) is 7. The maximum absolute atomic E-state index is 13.8. The second-order valence-electron chi connectivity index (χ2n) is 5.61. The number of aromatic nitrogens is 1. The van der Waals surface area contributed by atoms with E-state index in [4.69, 9.17) is 8.92 Å². The van der Waals surface area contributed by atoms with Crippen LogP contribution in [0.2, 0.25) is 0 Å². The van der Waals surface area contributed by atoms with E-state index in [1.54, 1.807) is 0 Å². The first-order valence-electron chi connectivity index (χ1n) is 8.13. The maximum Gasteiger partial charge on any atom is 0.345 e. The molecule has 2 N–H and O–H groups in total. The average Bonchev–Trinajstić information content (AvgIpc) is 3.02. The number of urea groups is 1. The molecule has 0 atom stereocenters. The predicted octanol–water partition coefficient (Wildman–Crippen LogP) is 3.11. The van der Waals surface area contributed by atoms with Crippen LogP contribution in [-0.4, -0.2) is 39.7 Å². The van der Waals surface area contributed by atoms with Gasteiger partial charge in [-0.1, -0.05) is 17.4 Å². The third-order valence-corrected chi connectivity index (χ3v) is 5.78. The van der Waals surface area contributed by atoms with Gasteiger partial charge in [0.25, 0.3) is 0 Å². The normalized spacial score (nSPS) is 11.4. The van der Waals surface area contributed by atoms with E-state index in [9.17, 15) is 22.0 Å². The summed E-state index contributed by atoms with van der Waals surface area (Å²) in [5.74, 6) is -2.66. The molecule has 0 unspecified atom stereocenters. The van der Waals surface area contributed by atoms with Crippen LogP contribution in [0.1, 0.15) is 0 Å². The molecule has 2 aromatic carbocycles. The molecule has 154 valence electrons. The topological polar surface area (TPSA) is 107 Å². The second-order valence-corrected chi connectivity index (χ2v) is 8.12. The Morgan fingerprint density at radius 2 is 1.93 bits per heavy atom. The lowest BCUT2D eigenvalue weighted by Crippen LogP contribution is -2.31. The molecule has 0 spiro atoms. The lowest BCUT2D eigenvalue weighted by Gasteiger charge is -2.08. The number of nitrogens with one attached hydrogen (secondary N) is 2. The number of rotatable bonds is 7. The highest BCUT2D eigenvalue weighted by Gasteiger charge is 2.26. The van der Waals surface area contributed by atoms with E-state index >= 15 is 0 Å². The fourth-order valence-electron chi connectivity index (χ4n) is 2.31. The lowest BCUT2D eigenvalue weighted by molar-refractivity contribution is 0.198. The van der Waals surface area contributed by atoms with Crippen molar-refractivity contribution in [3.63, 3.8) is 0 Å². The zero-order chi connectivity index (χ0) is 21.0. The number of amides is 2. The molecular formula is C17H15F2N3O5S2. The molecule has 3 rings (SSSR count). The Balaban J connectivity index is 1.79. The van der Waals surface area contributed by atoms with Crippen LogP contribution in [0.25, 0.3) is 10.2 Å². The molecule has 2 amide bonds. The zero-order valence-corrected chi connectivity index (χ0v) is 16.6. The van der Waals surface area contributed by atoms with Crippen molar-refractivity contribution in [3.8, 4) is 5.75 Å². The van der Waals surface area contributed by atoms with Crippen LogP contribution in [0.3, 0.4) is 0 Å². The van der Waals surface area contributed by atoms with E-state index in [-0.39, 0.29) is 10.9 Å². The summed E-state index contributed by atoms with van der Waals surface area (Å²) in [4.78, 5) is 14.8. The van der Waals surface area contributed by atoms with Gasteiger partial charge in [0.1, 0.15) is 17.4 Å². The van der Waals surface area contributed by atoms with Gasteiger partial charge in [-0.2, -0.15) is 8.42 Å². The minimum atomic E-state index is -4.73. The molecule has 1 aromatic heterocycles. The number of carbonyl (C=O) groups excluding carboxylic acids is 1. The summed E-state index contributed by atoms with van der Waals surface area (Å²) in [6.07, 6.45) is 0. The summed E-state index contributed by atoms with van der Waals surface area (Å²) in [6, 6.07) is 6.31. The molecule has 29 heavy (non-hydrogen) atoms. The van der Waals surface area contributed by atoms with Crippen LogP contribution in [0.4, 0.5) is 18.7 Å². The molecular weight excluding hydrogens is 428 g/mol. The average molecular weight is 443 g/mol. The lowest BCUT2D eigenvalue weighted by atomic mass is 10.3. The Morgan fingerprint density at radius 1 is 1.21 bits per heavy atom. The molecule has 0 fully saturated rings. The van der Waals surface area contributed by atoms with Crippen molar-refractivity contribution in [2.75, 3.05) is 25.6 Å². The Labute approximate surface area is 168 Å². The van der Waals surface area contributed by atoms with Gasteiger partial charge in [0.05, 0.1) is 16.8 Å². The molecule has 0 bridgehead atoms. The van der Waals surface area contributed by atoms with Crippen molar-refractivity contribution < 1.29 is 30.9 Å². The smallest absolute Gasteiger partial charge is 0.345 e. The second kappa shape index (κ2) is 8.68. The van der Waals surface area contributed by atoms with Crippen LogP contribution >= 0.6 is 11.3 Å². The number of methoxy groups -OCH3 is 1. The number of nitrogens with zero attached hydrogens (tertiary/aromatic N) is 1. The Kier molecular flexibility index (Phi) is 6.25. The largest absolute Gasteiger partial charge is 0.383 e. The number of hydrogen-bond donors (Lipinski definition) is 2. The summed E-state index contributed by atoms with van der Waals surface area (Å²) in [5.41, 5.74) is 0.476. The van der Waals surface area contributed by atoms with E-state index in [0.717, 1.165) is 29.5 Å². The monoisotopic (exact) mass is 443 g/mol. The van der Waals surface area contributed by atoms with Crippen molar-refractivity contribution in [1.29, 1.82) is 0 Å². The first-order chi connectivity index (χ1) is 13.8. The van der Waals surface area contributed by atoms with E-state index < -0.39 is 32.7 Å². The molecule has 0 saturated carbocycles. The molecule has 1 heterocycles. The van der Waals surface area contributed by atoms with E-state index in [1.165, 1.54) is 25.3 Å². The standard InChI is InChI=1S/C17H15F2N3O5S2/c1-26-8-7-20-16(23)22-17-21-13-6-5-10(9-14(13)28-17)27-29(24,25)15-11(18)3-2-4-12(15)19/h2-6,9H,7-8H2,1H3,(H2,20,21,22,23). The summed E-state index contributed by atoms with van der Waals surface area (Å²) in [7, 11) is -3.22. The molecule has 0 aliphatic rings. The van der Waals surface area contributed by atoms with Crippen LogP contribution < -0.4 is 14.8 Å². The van der Waals surface area contributed by atoms with Crippen LogP contribution in [0.5, 0.6) is 5.75 Å². The molecule has 3 aromatic rings. The van der Waals surface area contributed by atoms with Crippen molar-refractivity contribution in [2.24, 2.45) is 0 Å². The maximum atomic E-state index is 13.8. The SMILES string of the molecule is COCCNC(=O)Nc1nc2ccc(OS(=O)(=O)c3c(F)cccc3F)cc2s1. The van der Waals surface area contributed by atoms with Gasteiger partial charge >= 0.3 is 16.1 Å². The van der Waals surface area contributed by atoms with Gasteiger partial charge in [-0.3, -0.25) is 5.32 Å². The summed E-state index contributed by atoms with van der Waals surface area (Å²) in [6.45, 7) is 0.667. The van der Waals surface area contributed by atoms with E-state index in [0.29, 0.717) is 23.4 Å². The summed E-state index contributed by atoms with van der Waals surface area (Å²) < 4.78 is 62.3. The fraction of sp³-hybridized carbons (Fsp3) is 0.176. The summed E-state index contributed by atoms with van der Waals surface area (Å²) >= 11 is 1.07. The number of carbonyl (C=O) groups is 1. The minimum Gasteiger partial charge on any atom is -0.383 e. The highest BCUT2D eigenvalue weighted by atomic mass is 32.2. The zero-order valence-electron chi connectivity index (χ0n) is 14.9. The quantitative estimate of drug-likeness (QED) is 0.429. The third-order valence-electron chi connectivity index (χ3n) is 3.55. The summed E-state index contributed by atoms with van der Waals surface area (Å²) in [5, 5.41) is 5.38. The van der Waals surface area contributed by atoms with Gasteiger partial charge < -0.3 is 14.2 Å². The van der Waals surface area contributed by atoms with Gasteiger partial charge in [-0.05, 0) is 24.3 Å². The van der Waals surface area contributed by atoms with Crippen LogP contribution in [0.15, 0.2) is 41.3 Å². The highest BCUT2D eigenvalue weighted by molar-refractivity contribution is 7.87. The Hall–Kier alpha value is -2.83. The molecule has 0 radical (unpaired) electrons. The molecule has 0 aliphatic carbocycles.